The first-order chi connectivity index (χ1) is 2.89. The fourth-order valence-electron chi connectivity index (χ4n) is 0.332. The van der Waals surface area contributed by atoms with Gasteiger partial charge in [0, 0.05) is 12.6 Å². The van der Waals surface area contributed by atoms with Crippen molar-refractivity contribution in [2.24, 2.45) is 5.10 Å². The first-order valence-electron chi connectivity index (χ1n) is 1.81. The van der Waals surface area contributed by atoms with Crippen LogP contribution in [0.25, 0.3) is 0 Å². The van der Waals surface area contributed by atoms with Crippen LogP contribution in [0.1, 0.15) is 6.42 Å². The molecule has 1 N–H and O–H groups in total. The molecule has 1 aliphatic rings. The molecular formula is C3H5ClN2. The van der Waals surface area contributed by atoms with E-state index in [-0.39, 0.29) is 5.50 Å². The normalized spacial score (nSPS) is 30.5. The summed E-state index contributed by atoms with van der Waals surface area (Å²) in [7, 11) is 0. The van der Waals surface area contributed by atoms with E-state index >= 15 is 0 Å². The zero-order valence-electron chi connectivity index (χ0n) is 3.19. The molecule has 6 heavy (non-hydrogen) atoms. The summed E-state index contributed by atoms with van der Waals surface area (Å²) in [4.78, 5) is 0. The molecular weight excluding hydrogens is 99.5 g/mol. The Kier molecular flexibility index (Phi) is 0.965. The zero-order chi connectivity index (χ0) is 4.41. The average molecular weight is 105 g/mol. The van der Waals surface area contributed by atoms with Gasteiger partial charge in [0.25, 0.3) is 0 Å². The third-order valence-corrected chi connectivity index (χ3v) is 0.894. The molecule has 0 spiro atoms. The number of halogens is 1. The summed E-state index contributed by atoms with van der Waals surface area (Å²) in [6, 6.07) is 0. The van der Waals surface area contributed by atoms with Crippen molar-refractivity contribution in [2.45, 2.75) is 11.9 Å². The van der Waals surface area contributed by atoms with Gasteiger partial charge in [0.1, 0.15) is 5.50 Å². The van der Waals surface area contributed by atoms with E-state index in [2.05, 4.69) is 10.5 Å². The third-order valence-electron chi connectivity index (χ3n) is 0.618. The van der Waals surface area contributed by atoms with E-state index in [1.165, 1.54) is 0 Å². The fraction of sp³-hybridized carbons (Fsp3) is 0.667. The van der Waals surface area contributed by atoms with Gasteiger partial charge in [-0.1, -0.05) is 11.6 Å². The summed E-state index contributed by atoms with van der Waals surface area (Å²) < 4.78 is 0. The van der Waals surface area contributed by atoms with Crippen LogP contribution in [0.15, 0.2) is 5.10 Å². The van der Waals surface area contributed by atoms with Gasteiger partial charge < -0.3 is 0 Å². The lowest BCUT2D eigenvalue weighted by Gasteiger charge is -1.92. The van der Waals surface area contributed by atoms with E-state index in [0.717, 1.165) is 6.42 Å². The Hall–Kier alpha value is -0.240. The maximum absolute atomic E-state index is 5.48. The van der Waals surface area contributed by atoms with E-state index in [4.69, 9.17) is 11.6 Å². The molecule has 0 bridgehead atoms. The SMILES string of the molecule is ClC1CC=NN1. The van der Waals surface area contributed by atoms with Crippen LogP contribution >= 0.6 is 11.6 Å². The number of alkyl halides is 1. The van der Waals surface area contributed by atoms with Crippen LogP contribution in [-0.4, -0.2) is 11.7 Å². The number of hydrogen-bond donors (Lipinski definition) is 1. The van der Waals surface area contributed by atoms with Gasteiger partial charge >= 0.3 is 0 Å². The lowest BCUT2D eigenvalue weighted by Crippen LogP contribution is -2.09. The maximum Gasteiger partial charge on any atom is 0.122 e. The summed E-state index contributed by atoms with van der Waals surface area (Å²) in [6.45, 7) is 0. The lowest BCUT2D eigenvalue weighted by atomic mass is 10.5. The summed E-state index contributed by atoms with van der Waals surface area (Å²) in [5, 5.41) is 3.66. The second-order valence-corrected chi connectivity index (χ2v) is 1.67. The van der Waals surface area contributed by atoms with Crippen LogP contribution in [0.3, 0.4) is 0 Å². The molecule has 0 aromatic heterocycles. The van der Waals surface area contributed by atoms with E-state index in [9.17, 15) is 0 Å². The predicted octanol–water partition coefficient (Wildman–Crippen LogP) is 0.530. The van der Waals surface area contributed by atoms with Gasteiger partial charge in [-0.2, -0.15) is 5.10 Å². The molecule has 1 heterocycles. The first-order valence-corrected chi connectivity index (χ1v) is 2.24. The molecule has 0 saturated heterocycles. The first kappa shape index (κ1) is 3.93. The molecule has 1 rings (SSSR count). The summed E-state index contributed by atoms with van der Waals surface area (Å²) in [6.07, 6.45) is 2.61. The molecule has 0 radical (unpaired) electrons. The minimum Gasteiger partial charge on any atom is -0.292 e. The van der Waals surface area contributed by atoms with Crippen LogP contribution in [0.5, 0.6) is 0 Å². The van der Waals surface area contributed by atoms with E-state index < -0.39 is 0 Å². The summed E-state index contributed by atoms with van der Waals surface area (Å²) in [5.74, 6) is 0. The van der Waals surface area contributed by atoms with Gasteiger partial charge in [0.2, 0.25) is 0 Å². The van der Waals surface area contributed by atoms with Crippen LogP contribution in [0.2, 0.25) is 0 Å². The third kappa shape index (κ3) is 0.627. The van der Waals surface area contributed by atoms with Crippen molar-refractivity contribution in [3.8, 4) is 0 Å². The van der Waals surface area contributed by atoms with Crippen molar-refractivity contribution in [2.75, 3.05) is 0 Å². The van der Waals surface area contributed by atoms with Gasteiger partial charge in [-0.3, -0.25) is 5.43 Å². The molecule has 1 unspecified atom stereocenters. The summed E-state index contributed by atoms with van der Waals surface area (Å²) in [5.41, 5.74) is 2.70. The largest absolute Gasteiger partial charge is 0.292 e. The number of hydrazone groups is 1. The van der Waals surface area contributed by atoms with E-state index in [1.54, 1.807) is 6.21 Å². The Bertz CT molecular complexity index is 63.2. The minimum absolute atomic E-state index is 0.0463. The molecule has 1 aliphatic heterocycles. The van der Waals surface area contributed by atoms with Crippen LogP contribution in [-0.2, 0) is 0 Å². The average Bonchev–Trinajstić information content (AvgIpc) is 1.86. The smallest absolute Gasteiger partial charge is 0.122 e. The lowest BCUT2D eigenvalue weighted by molar-refractivity contribution is 0.752. The Morgan fingerprint density at radius 2 is 2.83 bits per heavy atom. The minimum atomic E-state index is 0.0463. The van der Waals surface area contributed by atoms with Crippen molar-refractivity contribution in [1.29, 1.82) is 0 Å². The molecule has 0 aromatic carbocycles. The van der Waals surface area contributed by atoms with Crippen molar-refractivity contribution < 1.29 is 0 Å². The molecule has 3 heteroatoms. The molecule has 0 fully saturated rings. The van der Waals surface area contributed by atoms with Gasteiger partial charge in [-0.25, -0.2) is 0 Å². The second-order valence-electron chi connectivity index (χ2n) is 1.14. The maximum atomic E-state index is 5.48. The Morgan fingerprint density at radius 3 is 3.00 bits per heavy atom. The van der Waals surface area contributed by atoms with Crippen molar-refractivity contribution in [3.05, 3.63) is 0 Å². The van der Waals surface area contributed by atoms with Crippen molar-refractivity contribution in [1.82, 2.24) is 5.43 Å². The molecule has 34 valence electrons. The standard InChI is InChI=1S/C3H5ClN2/c4-3-1-2-5-6-3/h2-3,6H,1H2. The monoisotopic (exact) mass is 104 g/mol. The number of rotatable bonds is 0. The highest BCUT2D eigenvalue weighted by Gasteiger charge is 2.02. The zero-order valence-corrected chi connectivity index (χ0v) is 3.94. The Balaban J connectivity index is 2.32. The quantitative estimate of drug-likeness (QED) is 0.352. The van der Waals surface area contributed by atoms with Crippen LogP contribution in [0, 0.1) is 0 Å². The predicted molar refractivity (Wildman–Crippen MR) is 25.9 cm³/mol. The van der Waals surface area contributed by atoms with Crippen LogP contribution < -0.4 is 5.43 Å². The van der Waals surface area contributed by atoms with Gasteiger partial charge in [-0.05, 0) is 0 Å². The Morgan fingerprint density at radius 1 is 2.00 bits per heavy atom. The number of nitrogens with zero attached hydrogens (tertiary/aromatic N) is 1. The highest BCUT2D eigenvalue weighted by molar-refractivity contribution is 6.21. The fourth-order valence-corrected chi connectivity index (χ4v) is 0.468. The number of nitrogens with one attached hydrogen (secondary N) is 1. The summed E-state index contributed by atoms with van der Waals surface area (Å²) >= 11 is 5.48. The van der Waals surface area contributed by atoms with Crippen LogP contribution in [0.4, 0.5) is 0 Å². The molecule has 0 saturated carbocycles. The van der Waals surface area contributed by atoms with Crippen molar-refractivity contribution >= 4 is 17.8 Å². The highest BCUT2D eigenvalue weighted by atomic mass is 35.5. The molecule has 2 nitrogen and oxygen atoms in total. The van der Waals surface area contributed by atoms with Gasteiger partial charge in [0.05, 0.1) is 0 Å². The number of hydrogen-bond acceptors (Lipinski definition) is 2. The molecule has 1 atom stereocenters. The molecule has 0 amide bonds. The molecule has 0 aromatic rings. The topological polar surface area (TPSA) is 24.4 Å². The molecule has 0 aliphatic carbocycles. The highest BCUT2D eigenvalue weighted by Crippen LogP contribution is 1.98. The van der Waals surface area contributed by atoms with Crippen molar-refractivity contribution in [3.63, 3.8) is 0 Å². The Labute approximate surface area is 41.2 Å². The van der Waals surface area contributed by atoms with Gasteiger partial charge in [0.15, 0.2) is 0 Å². The van der Waals surface area contributed by atoms with E-state index in [0.29, 0.717) is 0 Å². The van der Waals surface area contributed by atoms with E-state index in [1.807, 2.05) is 0 Å². The van der Waals surface area contributed by atoms with Gasteiger partial charge in [-0.15, -0.1) is 0 Å². The second kappa shape index (κ2) is 1.47.